The maximum absolute atomic E-state index is 11.8. The minimum absolute atomic E-state index is 0.0764. The van der Waals surface area contributed by atoms with Crippen LogP contribution in [0.1, 0.15) is 31.9 Å². The number of rotatable bonds is 6. The monoisotopic (exact) mass is 307 g/mol. The van der Waals surface area contributed by atoms with Crippen LogP contribution in [0.3, 0.4) is 0 Å². The number of nitrogens with one attached hydrogen (secondary N) is 1. The molecule has 5 heteroatoms. The molecule has 0 heterocycles. The van der Waals surface area contributed by atoms with Crippen LogP contribution in [-0.4, -0.2) is 38.7 Å². The molecule has 1 atom stereocenters. The third-order valence-corrected chi connectivity index (χ3v) is 3.36. The zero-order valence-corrected chi connectivity index (χ0v) is 13.9. The van der Waals surface area contributed by atoms with E-state index < -0.39 is 12.0 Å². The van der Waals surface area contributed by atoms with Crippen molar-refractivity contribution < 1.29 is 19.1 Å². The molecule has 1 rings (SSSR count). The Morgan fingerprint density at radius 1 is 1.14 bits per heavy atom. The number of benzene rings is 1. The van der Waals surface area contributed by atoms with E-state index in [1.54, 1.807) is 0 Å². The second-order valence-corrected chi connectivity index (χ2v) is 6.23. The van der Waals surface area contributed by atoms with Crippen molar-refractivity contribution in [2.24, 2.45) is 0 Å². The van der Waals surface area contributed by atoms with E-state index in [-0.39, 0.29) is 17.9 Å². The maximum Gasteiger partial charge on any atom is 0.328 e. The smallest absolute Gasteiger partial charge is 0.328 e. The molecular weight excluding hydrogens is 282 g/mol. The highest BCUT2D eigenvalue weighted by Gasteiger charge is 2.22. The summed E-state index contributed by atoms with van der Waals surface area (Å²) < 4.78 is 9.50. The normalized spacial score (nSPS) is 12.6. The molecule has 0 fully saturated rings. The molecule has 122 valence electrons. The Morgan fingerprint density at radius 3 is 2.18 bits per heavy atom. The van der Waals surface area contributed by atoms with Gasteiger partial charge in [0.05, 0.1) is 7.11 Å². The summed E-state index contributed by atoms with van der Waals surface area (Å²) in [5.74, 6) is -0.812. The lowest BCUT2D eigenvalue weighted by molar-refractivity contribution is -0.145. The van der Waals surface area contributed by atoms with E-state index in [2.05, 4.69) is 26.1 Å². The van der Waals surface area contributed by atoms with Gasteiger partial charge in [0.25, 0.3) is 0 Å². The lowest BCUT2D eigenvalue weighted by Crippen LogP contribution is -2.44. The minimum atomic E-state index is -0.715. The Bertz CT molecular complexity index is 502. The van der Waals surface area contributed by atoms with Gasteiger partial charge in [0.2, 0.25) is 5.91 Å². The quantitative estimate of drug-likeness (QED) is 0.814. The van der Waals surface area contributed by atoms with E-state index in [9.17, 15) is 9.59 Å². The summed E-state index contributed by atoms with van der Waals surface area (Å²) >= 11 is 0. The first-order chi connectivity index (χ1) is 10.3. The molecule has 1 N–H and O–H groups in total. The zero-order valence-electron chi connectivity index (χ0n) is 13.9. The summed E-state index contributed by atoms with van der Waals surface area (Å²) in [6.45, 7) is 6.34. The van der Waals surface area contributed by atoms with E-state index in [0.29, 0.717) is 6.42 Å². The van der Waals surface area contributed by atoms with Crippen molar-refractivity contribution in [1.29, 1.82) is 0 Å². The average molecular weight is 307 g/mol. The molecule has 0 saturated carbocycles. The minimum Gasteiger partial charge on any atom is -0.467 e. The van der Waals surface area contributed by atoms with Crippen molar-refractivity contribution in [2.75, 3.05) is 20.8 Å². The highest BCUT2D eigenvalue weighted by molar-refractivity contribution is 5.85. The molecule has 1 aromatic carbocycles. The highest BCUT2D eigenvalue weighted by atomic mass is 16.5. The Labute approximate surface area is 132 Å². The van der Waals surface area contributed by atoms with Gasteiger partial charge in [-0.1, -0.05) is 45.0 Å². The van der Waals surface area contributed by atoms with Gasteiger partial charge in [-0.25, -0.2) is 4.79 Å². The third-order valence-electron chi connectivity index (χ3n) is 3.36. The average Bonchev–Trinajstić information content (AvgIpc) is 2.45. The van der Waals surface area contributed by atoms with Crippen molar-refractivity contribution in [3.63, 3.8) is 0 Å². The van der Waals surface area contributed by atoms with Crippen molar-refractivity contribution in [1.82, 2.24) is 5.32 Å². The van der Waals surface area contributed by atoms with E-state index in [4.69, 9.17) is 9.47 Å². The Balaban J connectivity index is 2.81. The van der Waals surface area contributed by atoms with Gasteiger partial charge in [-0.2, -0.15) is 0 Å². The van der Waals surface area contributed by atoms with Gasteiger partial charge in [-0.05, 0) is 16.5 Å². The molecular formula is C17H25NO4. The van der Waals surface area contributed by atoms with Crippen LogP contribution in [0, 0.1) is 0 Å². The van der Waals surface area contributed by atoms with Crippen LogP contribution in [0.2, 0.25) is 0 Å². The number of ether oxygens (including phenoxy) is 2. The van der Waals surface area contributed by atoms with Gasteiger partial charge in [0.1, 0.15) is 12.6 Å². The van der Waals surface area contributed by atoms with Crippen LogP contribution in [0.25, 0.3) is 0 Å². The van der Waals surface area contributed by atoms with Crippen molar-refractivity contribution in [3.8, 4) is 0 Å². The van der Waals surface area contributed by atoms with Crippen LogP contribution in [0.5, 0.6) is 0 Å². The summed E-state index contributed by atoms with van der Waals surface area (Å²) in [4.78, 5) is 23.4. The standard InChI is InChI=1S/C17H25NO4/c1-17(2,3)13-8-6-12(7-9-13)10-14(16(20)22-5)18-15(19)11-21-4/h6-9,14H,10-11H2,1-5H3,(H,18,19)/t14-/m0/s1. The largest absolute Gasteiger partial charge is 0.467 e. The molecule has 0 unspecified atom stereocenters. The second kappa shape index (κ2) is 7.94. The fraction of sp³-hybridized carbons (Fsp3) is 0.529. The van der Waals surface area contributed by atoms with Gasteiger partial charge in [-0.15, -0.1) is 0 Å². The second-order valence-electron chi connectivity index (χ2n) is 6.23. The van der Waals surface area contributed by atoms with Crippen LogP contribution in [0.4, 0.5) is 0 Å². The molecule has 0 aliphatic rings. The van der Waals surface area contributed by atoms with Crippen molar-refractivity contribution in [3.05, 3.63) is 35.4 Å². The molecule has 0 aromatic heterocycles. The van der Waals surface area contributed by atoms with Gasteiger partial charge < -0.3 is 14.8 Å². The lowest BCUT2D eigenvalue weighted by atomic mass is 9.86. The molecule has 1 amide bonds. The number of carbonyl (C=O) groups is 2. The molecule has 0 aliphatic carbocycles. The molecule has 0 saturated heterocycles. The predicted molar refractivity (Wildman–Crippen MR) is 84.7 cm³/mol. The van der Waals surface area contributed by atoms with Gasteiger partial charge in [-0.3, -0.25) is 4.79 Å². The molecule has 1 aromatic rings. The lowest BCUT2D eigenvalue weighted by Gasteiger charge is -2.20. The summed E-state index contributed by atoms with van der Waals surface area (Å²) in [6.07, 6.45) is 0.381. The Kier molecular flexibility index (Phi) is 6.56. The number of methoxy groups -OCH3 is 2. The Hall–Kier alpha value is -1.88. The molecule has 0 spiro atoms. The van der Waals surface area contributed by atoms with E-state index in [1.807, 2.05) is 24.3 Å². The van der Waals surface area contributed by atoms with Gasteiger partial charge in [0, 0.05) is 13.5 Å². The van der Waals surface area contributed by atoms with Crippen LogP contribution < -0.4 is 5.32 Å². The highest BCUT2D eigenvalue weighted by Crippen LogP contribution is 2.22. The van der Waals surface area contributed by atoms with E-state index in [1.165, 1.54) is 19.8 Å². The number of hydrogen-bond donors (Lipinski definition) is 1. The first kappa shape index (κ1) is 18.2. The number of esters is 1. The summed E-state index contributed by atoms with van der Waals surface area (Å²) in [7, 11) is 2.73. The van der Waals surface area contributed by atoms with Crippen LogP contribution >= 0.6 is 0 Å². The fourth-order valence-corrected chi connectivity index (χ4v) is 2.08. The predicted octanol–water partition coefficient (Wildman–Crippen LogP) is 1.83. The van der Waals surface area contributed by atoms with E-state index >= 15 is 0 Å². The molecule has 22 heavy (non-hydrogen) atoms. The third kappa shape index (κ3) is 5.48. The first-order valence-corrected chi connectivity index (χ1v) is 7.23. The van der Waals surface area contributed by atoms with Gasteiger partial charge >= 0.3 is 5.97 Å². The summed E-state index contributed by atoms with van der Waals surface area (Å²) in [5, 5.41) is 2.62. The zero-order chi connectivity index (χ0) is 16.8. The summed E-state index contributed by atoms with van der Waals surface area (Å²) in [5.41, 5.74) is 2.25. The van der Waals surface area contributed by atoms with Gasteiger partial charge in [0.15, 0.2) is 0 Å². The topological polar surface area (TPSA) is 64.6 Å². The number of hydrogen-bond acceptors (Lipinski definition) is 4. The fourth-order valence-electron chi connectivity index (χ4n) is 2.08. The number of carbonyl (C=O) groups excluding carboxylic acids is 2. The first-order valence-electron chi connectivity index (χ1n) is 7.23. The van der Waals surface area contributed by atoms with Crippen LogP contribution in [-0.2, 0) is 30.9 Å². The van der Waals surface area contributed by atoms with Crippen molar-refractivity contribution in [2.45, 2.75) is 38.6 Å². The Morgan fingerprint density at radius 2 is 1.73 bits per heavy atom. The molecule has 0 radical (unpaired) electrons. The van der Waals surface area contributed by atoms with E-state index in [0.717, 1.165) is 5.56 Å². The SMILES string of the molecule is COCC(=O)N[C@@H](Cc1ccc(C(C)(C)C)cc1)C(=O)OC. The summed E-state index contributed by atoms with van der Waals surface area (Å²) in [6, 6.07) is 7.31. The van der Waals surface area contributed by atoms with Crippen molar-refractivity contribution >= 4 is 11.9 Å². The molecule has 0 aliphatic heterocycles. The van der Waals surface area contributed by atoms with Crippen LogP contribution in [0.15, 0.2) is 24.3 Å². The molecule has 5 nitrogen and oxygen atoms in total. The maximum atomic E-state index is 11.8. The number of amides is 1. The molecule has 0 bridgehead atoms.